The Balaban J connectivity index is 1.08. The van der Waals surface area contributed by atoms with E-state index >= 15 is 0 Å². The number of fused-ring (bicyclic) bond motifs is 5. The van der Waals surface area contributed by atoms with Crippen LogP contribution in [0.4, 0.5) is 10.1 Å². The van der Waals surface area contributed by atoms with Gasteiger partial charge in [0.15, 0.2) is 0 Å². The van der Waals surface area contributed by atoms with Crippen LogP contribution in [0.15, 0.2) is 67.0 Å². The molecular weight excluding hydrogens is 473 g/mol. The van der Waals surface area contributed by atoms with E-state index in [1.807, 2.05) is 24.4 Å². The van der Waals surface area contributed by atoms with Gasteiger partial charge in [0.05, 0.1) is 17.5 Å². The van der Waals surface area contributed by atoms with Crippen LogP contribution in [0, 0.1) is 5.82 Å². The van der Waals surface area contributed by atoms with Crippen molar-refractivity contribution in [2.75, 3.05) is 43.4 Å². The number of anilines is 1. The summed E-state index contributed by atoms with van der Waals surface area (Å²) in [5.74, 6) is 0.632. The number of aromatic nitrogens is 1. The standard InChI is InChI=1S/C28H30FN5OS/c29-22-7-8-25-21(15-22)14-19-4-1-2-6-23(19)26-17-33(12-13-34(25)26)11-10-31-27(35)24-18-36-28(32-24)20-5-3-9-30-16-20/h1-9,15-16,24,26,28,32H,10-14,17-18H2,(H,31,35). The van der Waals surface area contributed by atoms with Gasteiger partial charge in [-0.1, -0.05) is 30.3 Å². The minimum Gasteiger partial charge on any atom is -0.362 e. The Labute approximate surface area is 215 Å². The Kier molecular flexibility index (Phi) is 6.65. The van der Waals surface area contributed by atoms with Crippen LogP contribution in [0.3, 0.4) is 0 Å². The summed E-state index contributed by atoms with van der Waals surface area (Å²) in [7, 11) is 0. The number of thioether (sulfide) groups is 1. The van der Waals surface area contributed by atoms with Gasteiger partial charge in [-0.25, -0.2) is 4.39 Å². The van der Waals surface area contributed by atoms with Gasteiger partial charge in [0.2, 0.25) is 5.91 Å². The minimum atomic E-state index is -0.192. The number of benzene rings is 2. The van der Waals surface area contributed by atoms with Crippen LogP contribution in [-0.2, 0) is 11.2 Å². The zero-order valence-corrected chi connectivity index (χ0v) is 20.9. The third-order valence-corrected chi connectivity index (χ3v) is 8.69. The van der Waals surface area contributed by atoms with Gasteiger partial charge in [0, 0.05) is 56.6 Å². The number of pyridine rings is 1. The van der Waals surface area contributed by atoms with E-state index in [-0.39, 0.29) is 29.2 Å². The second-order valence-electron chi connectivity index (χ2n) is 9.67. The van der Waals surface area contributed by atoms with E-state index in [9.17, 15) is 9.18 Å². The van der Waals surface area contributed by atoms with Gasteiger partial charge >= 0.3 is 0 Å². The van der Waals surface area contributed by atoms with Crippen molar-refractivity contribution >= 4 is 23.4 Å². The summed E-state index contributed by atoms with van der Waals surface area (Å²) in [6, 6.07) is 17.7. The Morgan fingerprint density at radius 3 is 2.94 bits per heavy atom. The van der Waals surface area contributed by atoms with Gasteiger partial charge in [-0.2, -0.15) is 0 Å². The molecule has 186 valence electrons. The molecular formula is C28H30FN5OS. The van der Waals surface area contributed by atoms with Crippen LogP contribution in [0.2, 0.25) is 0 Å². The summed E-state index contributed by atoms with van der Waals surface area (Å²) in [5, 5.41) is 6.68. The number of nitrogens with zero attached hydrogens (tertiary/aromatic N) is 3. The van der Waals surface area contributed by atoms with Crippen molar-refractivity contribution in [3.8, 4) is 0 Å². The number of hydrogen-bond acceptors (Lipinski definition) is 6. The van der Waals surface area contributed by atoms with E-state index in [1.54, 1.807) is 30.1 Å². The molecule has 3 atom stereocenters. The summed E-state index contributed by atoms with van der Waals surface area (Å²) >= 11 is 1.75. The third kappa shape index (κ3) is 4.73. The average molecular weight is 504 g/mol. The first-order chi connectivity index (χ1) is 17.7. The fourth-order valence-corrected chi connectivity index (χ4v) is 6.83. The molecule has 6 rings (SSSR count). The first-order valence-corrected chi connectivity index (χ1v) is 13.6. The van der Waals surface area contributed by atoms with E-state index in [4.69, 9.17) is 0 Å². The molecule has 0 saturated carbocycles. The third-order valence-electron chi connectivity index (χ3n) is 7.42. The molecule has 2 saturated heterocycles. The van der Waals surface area contributed by atoms with Crippen molar-refractivity contribution in [1.29, 1.82) is 0 Å². The summed E-state index contributed by atoms with van der Waals surface area (Å²) in [5.41, 5.74) is 5.87. The van der Waals surface area contributed by atoms with Gasteiger partial charge < -0.3 is 10.2 Å². The van der Waals surface area contributed by atoms with E-state index < -0.39 is 0 Å². The predicted molar refractivity (Wildman–Crippen MR) is 142 cm³/mol. The van der Waals surface area contributed by atoms with Gasteiger partial charge in [-0.05, 0) is 52.9 Å². The number of piperazine rings is 1. The zero-order chi connectivity index (χ0) is 24.5. The molecule has 2 N–H and O–H groups in total. The molecule has 3 unspecified atom stereocenters. The van der Waals surface area contributed by atoms with Crippen LogP contribution < -0.4 is 15.5 Å². The maximum Gasteiger partial charge on any atom is 0.238 e. The van der Waals surface area contributed by atoms with Gasteiger partial charge in [-0.15, -0.1) is 11.8 Å². The lowest BCUT2D eigenvalue weighted by atomic mass is 9.96. The first kappa shape index (κ1) is 23.5. The Bertz CT molecular complexity index is 1240. The lowest BCUT2D eigenvalue weighted by molar-refractivity contribution is -0.122. The molecule has 1 aromatic heterocycles. The van der Waals surface area contributed by atoms with Gasteiger partial charge in [-0.3, -0.25) is 20.0 Å². The molecule has 8 heteroatoms. The zero-order valence-electron chi connectivity index (χ0n) is 20.1. The second-order valence-corrected chi connectivity index (χ2v) is 10.8. The molecule has 0 spiro atoms. The minimum absolute atomic E-state index is 0.0586. The fourth-order valence-electron chi connectivity index (χ4n) is 5.61. The van der Waals surface area contributed by atoms with Crippen molar-refractivity contribution in [3.63, 3.8) is 0 Å². The smallest absolute Gasteiger partial charge is 0.238 e. The van der Waals surface area contributed by atoms with Crippen LogP contribution in [-0.4, -0.2) is 60.3 Å². The summed E-state index contributed by atoms with van der Waals surface area (Å²) in [6.45, 7) is 4.09. The molecule has 2 fully saturated rings. The van der Waals surface area contributed by atoms with E-state index in [1.165, 1.54) is 11.1 Å². The Morgan fingerprint density at radius 1 is 1.14 bits per heavy atom. The molecule has 0 aliphatic carbocycles. The molecule has 0 radical (unpaired) electrons. The molecule has 6 nitrogen and oxygen atoms in total. The molecule has 1 amide bonds. The number of carbonyl (C=O) groups excluding carboxylic acids is 1. The normalized spacial score (nSPS) is 23.4. The second kappa shape index (κ2) is 10.2. The van der Waals surface area contributed by atoms with E-state index in [0.717, 1.165) is 55.2 Å². The lowest BCUT2D eigenvalue weighted by Gasteiger charge is -2.43. The molecule has 0 bridgehead atoms. The summed E-state index contributed by atoms with van der Waals surface area (Å²) < 4.78 is 14.0. The highest BCUT2D eigenvalue weighted by molar-refractivity contribution is 7.99. The van der Waals surface area contributed by atoms with Crippen molar-refractivity contribution in [3.05, 3.63) is 95.1 Å². The van der Waals surface area contributed by atoms with Crippen molar-refractivity contribution in [2.45, 2.75) is 23.9 Å². The highest BCUT2D eigenvalue weighted by Crippen LogP contribution is 2.39. The molecule has 4 heterocycles. The van der Waals surface area contributed by atoms with E-state index in [0.29, 0.717) is 6.54 Å². The van der Waals surface area contributed by atoms with Gasteiger partial charge in [0.25, 0.3) is 0 Å². The Hall–Kier alpha value is -2.94. The number of carbonyl (C=O) groups is 1. The highest BCUT2D eigenvalue weighted by atomic mass is 32.2. The maximum absolute atomic E-state index is 14.0. The van der Waals surface area contributed by atoms with Gasteiger partial charge in [0.1, 0.15) is 5.82 Å². The van der Waals surface area contributed by atoms with Crippen LogP contribution >= 0.6 is 11.8 Å². The van der Waals surface area contributed by atoms with Crippen molar-refractivity contribution < 1.29 is 9.18 Å². The van der Waals surface area contributed by atoms with Crippen LogP contribution in [0.25, 0.3) is 0 Å². The average Bonchev–Trinajstić information content (AvgIpc) is 3.36. The van der Waals surface area contributed by atoms with E-state index in [2.05, 4.69) is 49.7 Å². The number of amides is 1. The summed E-state index contributed by atoms with van der Waals surface area (Å²) in [6.07, 6.45) is 4.36. The molecule has 2 aromatic carbocycles. The molecule has 3 aromatic rings. The highest BCUT2D eigenvalue weighted by Gasteiger charge is 2.34. The topological polar surface area (TPSA) is 60.5 Å². The quantitative estimate of drug-likeness (QED) is 0.556. The maximum atomic E-state index is 14.0. The molecule has 36 heavy (non-hydrogen) atoms. The monoisotopic (exact) mass is 503 g/mol. The SMILES string of the molecule is O=C(NCCN1CCN2c3ccc(F)cc3Cc3ccccc3C2C1)C1CSC(c2cccnc2)N1. The predicted octanol–water partition coefficient (Wildman–Crippen LogP) is 3.51. The van der Waals surface area contributed by atoms with Crippen LogP contribution in [0.5, 0.6) is 0 Å². The number of rotatable bonds is 5. The van der Waals surface area contributed by atoms with Crippen LogP contribution in [0.1, 0.15) is 33.7 Å². The number of halogens is 1. The first-order valence-electron chi connectivity index (χ1n) is 12.6. The molecule has 3 aliphatic heterocycles. The summed E-state index contributed by atoms with van der Waals surface area (Å²) in [4.78, 5) is 21.9. The van der Waals surface area contributed by atoms with Crippen molar-refractivity contribution in [1.82, 2.24) is 20.5 Å². The van der Waals surface area contributed by atoms with Crippen molar-refractivity contribution in [2.24, 2.45) is 0 Å². The Morgan fingerprint density at radius 2 is 2.06 bits per heavy atom. The number of hydrogen-bond donors (Lipinski definition) is 2. The number of nitrogens with one attached hydrogen (secondary N) is 2. The lowest BCUT2D eigenvalue weighted by Crippen LogP contribution is -2.51. The fraction of sp³-hybridized carbons (Fsp3) is 0.357. The molecule has 3 aliphatic rings. The largest absolute Gasteiger partial charge is 0.362 e.